The maximum Gasteiger partial charge on any atom is 0.116 e. The minimum absolute atomic E-state index is 0.842. The molecular formula is C52H70N6S4. The summed E-state index contributed by atoms with van der Waals surface area (Å²) in [5, 5.41) is 1.39. The number of benzene rings is 2. The van der Waals surface area contributed by atoms with E-state index >= 15 is 0 Å². The second-order valence-corrected chi connectivity index (χ2v) is 20.8. The summed E-state index contributed by atoms with van der Waals surface area (Å²) in [6.45, 7) is 18.1. The van der Waals surface area contributed by atoms with Crippen molar-refractivity contribution in [2.24, 2.45) is 0 Å². The van der Waals surface area contributed by atoms with Crippen LogP contribution < -0.4 is 9.80 Å². The molecule has 2 aromatic carbocycles. The predicted octanol–water partition coefficient (Wildman–Crippen LogP) is 17.0. The average molecular weight is 907 g/mol. The van der Waals surface area contributed by atoms with E-state index in [0.29, 0.717) is 0 Å². The Kier molecular flexibility index (Phi) is 17.6. The van der Waals surface area contributed by atoms with Crippen LogP contribution in [0.1, 0.15) is 156 Å². The molecule has 0 aliphatic carbocycles. The minimum Gasteiger partial charge on any atom is -0.372 e. The number of rotatable bonds is 27. The monoisotopic (exact) mass is 906 g/mol. The van der Waals surface area contributed by atoms with Crippen LogP contribution in [0, 0.1) is 0 Å². The van der Waals surface area contributed by atoms with Gasteiger partial charge >= 0.3 is 0 Å². The molecule has 10 heteroatoms. The van der Waals surface area contributed by atoms with Crippen molar-refractivity contribution >= 4 is 87.9 Å². The van der Waals surface area contributed by atoms with Crippen LogP contribution in [0.3, 0.4) is 0 Å². The van der Waals surface area contributed by atoms with Gasteiger partial charge in [-0.2, -0.15) is 8.75 Å². The van der Waals surface area contributed by atoms with Crippen molar-refractivity contribution < 1.29 is 0 Å². The summed E-state index contributed by atoms with van der Waals surface area (Å²) in [5.41, 5.74) is 10.7. The second-order valence-electron chi connectivity index (χ2n) is 17.1. The molecule has 0 spiro atoms. The van der Waals surface area contributed by atoms with Crippen LogP contribution in [0.4, 0.5) is 10.7 Å². The first-order valence-corrected chi connectivity index (χ1v) is 27.4. The molecule has 332 valence electrons. The van der Waals surface area contributed by atoms with Gasteiger partial charge in [-0.3, -0.25) is 0 Å². The van der Waals surface area contributed by atoms with Gasteiger partial charge < -0.3 is 9.80 Å². The third-order valence-electron chi connectivity index (χ3n) is 12.4. The second kappa shape index (κ2) is 23.5. The number of nitrogens with zero attached hydrogens (tertiary/aromatic N) is 6. The van der Waals surface area contributed by atoms with Crippen LogP contribution in [0.2, 0.25) is 0 Å². The topological polar surface area (TPSA) is 58.0 Å². The summed E-state index contributed by atoms with van der Waals surface area (Å²) >= 11 is 6.93. The predicted molar refractivity (Wildman–Crippen MR) is 278 cm³/mol. The highest BCUT2D eigenvalue weighted by Crippen LogP contribution is 2.49. The van der Waals surface area contributed by atoms with Gasteiger partial charge in [0.15, 0.2) is 0 Å². The largest absolute Gasteiger partial charge is 0.372 e. The fraction of sp³-hybridized carbons (Fsp3) is 0.538. The van der Waals surface area contributed by atoms with E-state index in [1.54, 1.807) is 0 Å². The molecule has 62 heavy (non-hydrogen) atoms. The first-order chi connectivity index (χ1) is 30.5. The minimum atomic E-state index is 0.842. The number of hydrogen-bond acceptors (Lipinski definition) is 10. The fourth-order valence-corrected chi connectivity index (χ4v) is 12.9. The number of thiophene rings is 3. The zero-order valence-corrected chi connectivity index (χ0v) is 41.8. The summed E-state index contributed by atoms with van der Waals surface area (Å²) in [5.74, 6) is 0. The average Bonchev–Trinajstić information content (AvgIpc) is 4.13. The molecule has 7 rings (SSSR count). The van der Waals surface area contributed by atoms with Crippen molar-refractivity contribution in [1.82, 2.24) is 18.7 Å². The van der Waals surface area contributed by atoms with Gasteiger partial charge in [0.05, 0.1) is 28.1 Å². The van der Waals surface area contributed by atoms with E-state index < -0.39 is 0 Å². The van der Waals surface area contributed by atoms with E-state index in [9.17, 15) is 0 Å². The number of aryl methyl sites for hydroxylation is 2. The third-order valence-corrected chi connectivity index (χ3v) is 16.5. The Morgan fingerprint density at radius 3 is 1.48 bits per heavy atom. The molecule has 0 fully saturated rings. The van der Waals surface area contributed by atoms with E-state index in [2.05, 4.69) is 99.9 Å². The van der Waals surface area contributed by atoms with Crippen LogP contribution in [-0.2, 0) is 12.8 Å². The fourth-order valence-electron chi connectivity index (χ4n) is 8.76. The smallest absolute Gasteiger partial charge is 0.116 e. The van der Waals surface area contributed by atoms with Crippen molar-refractivity contribution in [3.63, 3.8) is 0 Å². The quantitative estimate of drug-likeness (QED) is 0.0479. The highest BCUT2D eigenvalue weighted by atomic mass is 32.1. The Morgan fingerprint density at radius 2 is 0.935 bits per heavy atom. The standard InChI is InChI=1S/C52H70N6S4/c1-7-13-17-19-21-23-33-57(34-24-22-20-18-14-8-2)38-27-25-37(26-28-38)41-29-30-42(59-41)47-49-50(54-40(12-6)39(11-5)53-49)48(52-51(47)55-62-56-52)45-35-43-44(60-45)36-46(61-43)58(31-15-9-3)32-16-10-4/h25-30,35-36H,7-24,31-34H2,1-6H3. The molecule has 5 aromatic heterocycles. The van der Waals surface area contributed by atoms with Crippen LogP contribution >= 0.6 is 45.7 Å². The number of fused-ring (bicyclic) bond motifs is 3. The molecule has 0 atom stereocenters. The number of hydrogen-bond donors (Lipinski definition) is 0. The van der Waals surface area contributed by atoms with Gasteiger partial charge in [-0.1, -0.05) is 131 Å². The molecule has 0 saturated carbocycles. The summed E-state index contributed by atoms with van der Waals surface area (Å²) in [6, 6.07) is 18.8. The van der Waals surface area contributed by atoms with Gasteiger partial charge in [0, 0.05) is 67.0 Å². The van der Waals surface area contributed by atoms with E-state index in [1.165, 1.54) is 155 Å². The lowest BCUT2D eigenvalue weighted by Gasteiger charge is -2.25. The Balaban J connectivity index is 1.20. The Morgan fingerprint density at radius 1 is 0.435 bits per heavy atom. The zero-order chi connectivity index (χ0) is 43.3. The first kappa shape index (κ1) is 46.5. The normalized spacial score (nSPS) is 11.8. The molecule has 0 saturated heterocycles. The van der Waals surface area contributed by atoms with Crippen LogP contribution in [0.5, 0.6) is 0 Å². The van der Waals surface area contributed by atoms with Gasteiger partial charge in [0.1, 0.15) is 22.1 Å². The third kappa shape index (κ3) is 11.1. The maximum atomic E-state index is 5.47. The van der Waals surface area contributed by atoms with E-state index in [4.69, 9.17) is 18.7 Å². The lowest BCUT2D eigenvalue weighted by atomic mass is 10.0. The van der Waals surface area contributed by atoms with Gasteiger partial charge in [-0.15, -0.1) is 34.0 Å². The summed E-state index contributed by atoms with van der Waals surface area (Å²) in [6.07, 6.45) is 22.5. The van der Waals surface area contributed by atoms with Crippen molar-refractivity contribution in [2.75, 3.05) is 36.0 Å². The highest BCUT2D eigenvalue weighted by Gasteiger charge is 2.26. The van der Waals surface area contributed by atoms with Crippen molar-refractivity contribution in [3.8, 4) is 31.3 Å². The van der Waals surface area contributed by atoms with Gasteiger partial charge in [-0.05, 0) is 80.5 Å². The van der Waals surface area contributed by atoms with E-state index in [1.807, 2.05) is 34.0 Å². The molecule has 0 N–H and O–H groups in total. The number of aromatic nitrogens is 4. The Hall–Kier alpha value is -3.44. The van der Waals surface area contributed by atoms with Crippen molar-refractivity contribution in [2.45, 2.75) is 157 Å². The SMILES string of the molecule is CCCCCCCCN(CCCCCCCC)c1ccc(-c2ccc(-c3c4nsnc4c(-c4cc5sc(N(CCCC)CCCC)cc5s4)c4nc(CC)c(CC)nc34)s2)cc1. The Labute approximate surface area is 388 Å². The maximum absolute atomic E-state index is 5.47. The first-order valence-electron chi connectivity index (χ1n) is 24.2. The van der Waals surface area contributed by atoms with Gasteiger partial charge in [0.2, 0.25) is 0 Å². The summed E-state index contributed by atoms with van der Waals surface area (Å²) < 4.78 is 12.7. The summed E-state index contributed by atoms with van der Waals surface area (Å²) in [7, 11) is 0. The lowest BCUT2D eigenvalue weighted by molar-refractivity contribution is 0.575. The Bertz CT molecular complexity index is 2380. The van der Waals surface area contributed by atoms with Crippen molar-refractivity contribution in [1.29, 1.82) is 0 Å². The molecule has 0 unspecified atom stereocenters. The van der Waals surface area contributed by atoms with Crippen molar-refractivity contribution in [3.05, 3.63) is 59.9 Å². The number of anilines is 2. The molecule has 0 amide bonds. The van der Waals surface area contributed by atoms with Crippen LogP contribution in [0.15, 0.2) is 48.5 Å². The number of unbranched alkanes of at least 4 members (excludes halogenated alkanes) is 12. The van der Waals surface area contributed by atoms with Gasteiger partial charge in [-0.25, -0.2) is 9.97 Å². The summed E-state index contributed by atoms with van der Waals surface area (Å²) in [4.78, 5) is 19.8. The molecule has 0 aliphatic heterocycles. The van der Waals surface area contributed by atoms with E-state index in [-0.39, 0.29) is 0 Å². The molecule has 0 aliphatic rings. The molecule has 0 radical (unpaired) electrons. The lowest BCUT2D eigenvalue weighted by Crippen LogP contribution is -2.25. The van der Waals surface area contributed by atoms with E-state index in [0.717, 1.165) is 83.6 Å². The molecule has 5 heterocycles. The van der Waals surface area contributed by atoms with Crippen LogP contribution in [-0.4, -0.2) is 44.9 Å². The zero-order valence-electron chi connectivity index (χ0n) is 38.5. The van der Waals surface area contributed by atoms with Gasteiger partial charge in [0.25, 0.3) is 0 Å². The molecule has 0 bridgehead atoms. The molecular weight excluding hydrogens is 837 g/mol. The highest BCUT2D eigenvalue weighted by molar-refractivity contribution is 7.31. The van der Waals surface area contributed by atoms with Crippen LogP contribution in [0.25, 0.3) is 62.8 Å². The molecule has 7 aromatic rings. The molecule has 6 nitrogen and oxygen atoms in total.